The van der Waals surface area contributed by atoms with Gasteiger partial charge < -0.3 is 19.4 Å². The zero-order chi connectivity index (χ0) is 21.1. The first-order chi connectivity index (χ1) is 13.5. The van der Waals surface area contributed by atoms with Crippen molar-refractivity contribution in [3.8, 4) is 0 Å². The first kappa shape index (κ1) is 19.7. The molecule has 0 spiro atoms. The van der Waals surface area contributed by atoms with E-state index in [2.05, 4.69) is 10.3 Å². The van der Waals surface area contributed by atoms with Gasteiger partial charge in [-0.15, -0.1) is 0 Å². The summed E-state index contributed by atoms with van der Waals surface area (Å²) in [6, 6.07) is 5.88. The predicted molar refractivity (Wildman–Crippen MR) is 109 cm³/mol. The lowest BCUT2D eigenvalue weighted by atomic mass is 9.98. The van der Waals surface area contributed by atoms with Crippen LogP contribution in [0.15, 0.2) is 24.4 Å². The Kier molecular flexibility index (Phi) is 4.40. The predicted octanol–water partition coefficient (Wildman–Crippen LogP) is 3.11. The molecule has 1 saturated carbocycles. The number of hydrogen-bond donors (Lipinski definition) is 1. The van der Waals surface area contributed by atoms with Gasteiger partial charge in [-0.05, 0) is 65.5 Å². The number of aryl methyl sites for hydroxylation is 1. The highest BCUT2D eigenvalue weighted by molar-refractivity contribution is 5.84. The van der Waals surface area contributed by atoms with Gasteiger partial charge in [-0.25, -0.2) is 9.78 Å². The first-order valence-electron chi connectivity index (χ1n) is 10.2. The fraction of sp³-hybridized carbons (Fsp3) is 0.591. The molecule has 1 aliphatic carbocycles. The largest absolute Gasteiger partial charge is 0.444 e. The van der Waals surface area contributed by atoms with Crippen LogP contribution in [-0.2, 0) is 15.1 Å². The molecule has 0 aromatic carbocycles. The number of nitrogens with one attached hydrogen (secondary N) is 1. The van der Waals surface area contributed by atoms with Crippen molar-refractivity contribution in [3.63, 3.8) is 0 Å². The number of aromatic nitrogens is 2. The molecule has 2 fully saturated rings. The van der Waals surface area contributed by atoms with Crippen LogP contribution in [0.2, 0.25) is 0 Å². The zero-order valence-electron chi connectivity index (χ0n) is 18.0. The van der Waals surface area contributed by atoms with Gasteiger partial charge in [0, 0.05) is 25.2 Å². The van der Waals surface area contributed by atoms with Gasteiger partial charge in [0.05, 0.1) is 16.9 Å². The van der Waals surface area contributed by atoms with Crippen LogP contribution in [0.1, 0.15) is 46.0 Å². The summed E-state index contributed by atoms with van der Waals surface area (Å²) < 4.78 is 7.48. The Bertz CT molecular complexity index is 960. The molecule has 2 aromatic heterocycles. The number of rotatable bonds is 3. The number of amides is 2. The summed E-state index contributed by atoms with van der Waals surface area (Å²) in [7, 11) is 0. The SMILES string of the molecule is Cc1nc2ccccn2c1C(C)(C)NC(=O)C1C2CN(C(=O)OC(C)(C)C)CC21. The van der Waals surface area contributed by atoms with E-state index >= 15 is 0 Å². The monoisotopic (exact) mass is 398 g/mol. The third-order valence-corrected chi connectivity index (χ3v) is 5.88. The van der Waals surface area contributed by atoms with Gasteiger partial charge in [-0.2, -0.15) is 0 Å². The Morgan fingerprint density at radius 1 is 1.14 bits per heavy atom. The fourth-order valence-electron chi connectivity index (χ4n) is 4.71. The molecular weight excluding hydrogens is 368 g/mol. The Morgan fingerprint density at radius 3 is 2.41 bits per heavy atom. The maximum atomic E-state index is 13.0. The number of fused-ring (bicyclic) bond motifs is 2. The van der Waals surface area contributed by atoms with Crippen molar-refractivity contribution in [1.29, 1.82) is 0 Å². The standard InChI is InChI=1S/C22H30N4O3/c1-13-18(26-10-8-7-9-16(26)23-13)22(5,6)24-19(27)17-14-11-25(12-15(14)17)20(28)29-21(2,3)4/h7-10,14-15,17H,11-12H2,1-6H3,(H,24,27). The summed E-state index contributed by atoms with van der Waals surface area (Å²) in [5, 5.41) is 3.23. The molecule has 1 saturated heterocycles. The quantitative estimate of drug-likeness (QED) is 0.862. The molecule has 3 heterocycles. The summed E-state index contributed by atoms with van der Waals surface area (Å²) in [5.74, 6) is 0.467. The molecule has 0 bridgehead atoms. The molecule has 0 radical (unpaired) electrons. The molecule has 1 aliphatic heterocycles. The van der Waals surface area contributed by atoms with Crippen LogP contribution < -0.4 is 5.32 Å². The van der Waals surface area contributed by atoms with E-state index in [1.807, 2.05) is 70.3 Å². The van der Waals surface area contributed by atoms with Gasteiger partial charge in [0.1, 0.15) is 11.2 Å². The maximum Gasteiger partial charge on any atom is 0.410 e. The highest BCUT2D eigenvalue weighted by Gasteiger charge is 2.61. The highest BCUT2D eigenvalue weighted by atomic mass is 16.6. The number of carbonyl (C=O) groups excluding carboxylic acids is 2. The topological polar surface area (TPSA) is 75.9 Å². The number of piperidine rings is 1. The van der Waals surface area contributed by atoms with E-state index in [0.717, 1.165) is 17.0 Å². The van der Waals surface area contributed by atoms with Crippen LogP contribution >= 0.6 is 0 Å². The normalized spacial score (nSPS) is 23.8. The molecule has 4 rings (SSSR count). The molecule has 7 nitrogen and oxygen atoms in total. The zero-order valence-corrected chi connectivity index (χ0v) is 18.0. The van der Waals surface area contributed by atoms with Crippen molar-refractivity contribution in [1.82, 2.24) is 19.6 Å². The number of ether oxygens (including phenoxy) is 1. The van der Waals surface area contributed by atoms with E-state index in [1.54, 1.807) is 4.90 Å². The highest BCUT2D eigenvalue weighted by Crippen LogP contribution is 2.52. The Morgan fingerprint density at radius 2 is 1.79 bits per heavy atom. The minimum atomic E-state index is -0.552. The molecule has 2 atom stereocenters. The number of hydrogen-bond acceptors (Lipinski definition) is 4. The summed E-state index contributed by atoms with van der Waals surface area (Å²) in [4.78, 5) is 31.6. The fourth-order valence-corrected chi connectivity index (χ4v) is 4.71. The van der Waals surface area contributed by atoms with Crippen molar-refractivity contribution in [3.05, 3.63) is 35.8 Å². The molecule has 156 valence electrons. The molecule has 2 aromatic rings. The summed E-state index contributed by atoms with van der Waals surface area (Å²) in [6.07, 6.45) is 1.69. The molecule has 2 aliphatic rings. The van der Waals surface area contributed by atoms with Gasteiger partial charge in [0.15, 0.2) is 0 Å². The number of carbonyl (C=O) groups is 2. The second kappa shape index (κ2) is 6.47. The van der Waals surface area contributed by atoms with E-state index in [1.165, 1.54) is 0 Å². The molecule has 29 heavy (non-hydrogen) atoms. The average molecular weight is 399 g/mol. The minimum absolute atomic E-state index is 0.0348. The Hall–Kier alpha value is -2.57. The van der Waals surface area contributed by atoms with Crippen LogP contribution in [0.25, 0.3) is 5.65 Å². The third kappa shape index (κ3) is 3.58. The van der Waals surface area contributed by atoms with E-state index in [9.17, 15) is 9.59 Å². The van der Waals surface area contributed by atoms with Gasteiger partial charge in [-0.3, -0.25) is 4.79 Å². The van der Waals surface area contributed by atoms with Crippen molar-refractivity contribution in [2.75, 3.05) is 13.1 Å². The molecule has 2 amide bonds. The summed E-state index contributed by atoms with van der Waals surface area (Å²) in [5.41, 5.74) is 1.72. The average Bonchev–Trinajstić information content (AvgIpc) is 2.94. The van der Waals surface area contributed by atoms with Gasteiger partial charge in [-0.1, -0.05) is 6.07 Å². The van der Waals surface area contributed by atoms with E-state index in [4.69, 9.17) is 4.74 Å². The van der Waals surface area contributed by atoms with E-state index < -0.39 is 11.1 Å². The van der Waals surface area contributed by atoms with Crippen LogP contribution in [0.3, 0.4) is 0 Å². The summed E-state index contributed by atoms with van der Waals surface area (Å²) in [6.45, 7) is 12.8. The van der Waals surface area contributed by atoms with Crippen LogP contribution in [0, 0.1) is 24.7 Å². The van der Waals surface area contributed by atoms with Gasteiger partial charge in [0.25, 0.3) is 0 Å². The van der Waals surface area contributed by atoms with Gasteiger partial charge in [0.2, 0.25) is 5.91 Å². The molecule has 7 heteroatoms. The smallest absolute Gasteiger partial charge is 0.410 e. The van der Waals surface area contributed by atoms with Crippen LogP contribution in [0.5, 0.6) is 0 Å². The maximum absolute atomic E-state index is 13.0. The third-order valence-electron chi connectivity index (χ3n) is 5.88. The first-order valence-corrected chi connectivity index (χ1v) is 10.2. The lowest BCUT2D eigenvalue weighted by Crippen LogP contribution is -2.45. The number of imidazole rings is 1. The van der Waals surface area contributed by atoms with Crippen LogP contribution in [-0.4, -0.2) is 45.0 Å². The second-order valence-electron chi connectivity index (χ2n) is 9.83. The minimum Gasteiger partial charge on any atom is -0.444 e. The Labute approximate surface area is 171 Å². The molecular formula is C22H30N4O3. The van der Waals surface area contributed by atoms with Crippen molar-refractivity contribution < 1.29 is 14.3 Å². The van der Waals surface area contributed by atoms with Gasteiger partial charge >= 0.3 is 6.09 Å². The number of likely N-dealkylation sites (tertiary alicyclic amines) is 1. The van der Waals surface area contributed by atoms with Crippen molar-refractivity contribution >= 4 is 17.6 Å². The number of nitrogens with zero attached hydrogens (tertiary/aromatic N) is 3. The number of pyridine rings is 1. The lowest BCUT2D eigenvalue weighted by Gasteiger charge is -2.28. The molecule has 1 N–H and O–H groups in total. The Balaban J connectivity index is 1.41. The van der Waals surface area contributed by atoms with Crippen LogP contribution in [0.4, 0.5) is 4.79 Å². The molecule has 2 unspecified atom stereocenters. The van der Waals surface area contributed by atoms with E-state index in [-0.39, 0.29) is 29.8 Å². The van der Waals surface area contributed by atoms with Crippen molar-refractivity contribution in [2.24, 2.45) is 17.8 Å². The lowest BCUT2D eigenvalue weighted by molar-refractivity contribution is -0.125. The van der Waals surface area contributed by atoms with E-state index in [0.29, 0.717) is 13.1 Å². The summed E-state index contributed by atoms with van der Waals surface area (Å²) >= 11 is 0. The van der Waals surface area contributed by atoms with Crippen molar-refractivity contribution in [2.45, 2.75) is 52.7 Å². The second-order valence-corrected chi connectivity index (χ2v) is 9.83.